The molecule has 0 aromatic rings. The topological polar surface area (TPSA) is 94.8 Å². The number of hydrogen-bond acceptors (Lipinski definition) is 4. The highest BCUT2D eigenvalue weighted by atomic mass is 16.4. The van der Waals surface area contributed by atoms with Crippen molar-refractivity contribution in [3.8, 4) is 0 Å². The highest BCUT2D eigenvalue weighted by Crippen LogP contribution is 2.33. The Morgan fingerprint density at radius 1 is 1.19 bits per heavy atom. The first-order valence-corrected chi connectivity index (χ1v) is 9.69. The molecule has 1 aliphatic carbocycles. The van der Waals surface area contributed by atoms with E-state index in [-0.39, 0.29) is 30.5 Å². The van der Waals surface area contributed by atoms with E-state index in [4.69, 9.17) is 5.11 Å². The van der Waals surface area contributed by atoms with Gasteiger partial charge in [0.15, 0.2) is 0 Å². The van der Waals surface area contributed by atoms with Gasteiger partial charge in [-0.3, -0.25) is 9.59 Å². The molecule has 0 aliphatic heterocycles. The number of aliphatic carboxylic acids is 1. The predicted molar refractivity (Wildman–Crippen MR) is 106 cm³/mol. The number of rotatable bonds is 12. The maximum atomic E-state index is 12.1. The van der Waals surface area contributed by atoms with Gasteiger partial charge in [0.05, 0.1) is 12.2 Å². The largest absolute Gasteiger partial charge is 0.481 e. The number of carboxylic acids is 1. The minimum Gasteiger partial charge on any atom is -0.481 e. The van der Waals surface area contributed by atoms with E-state index in [1.54, 1.807) is 12.2 Å². The Labute approximate surface area is 161 Å². The van der Waals surface area contributed by atoms with Gasteiger partial charge in [0.1, 0.15) is 5.78 Å². The summed E-state index contributed by atoms with van der Waals surface area (Å²) in [4.78, 5) is 22.5. The van der Waals surface area contributed by atoms with Crippen molar-refractivity contribution in [3.05, 3.63) is 48.6 Å². The number of aliphatic hydroxyl groups is 2. The van der Waals surface area contributed by atoms with Gasteiger partial charge in [0.2, 0.25) is 0 Å². The molecule has 27 heavy (non-hydrogen) atoms. The van der Waals surface area contributed by atoms with Crippen LogP contribution in [-0.4, -0.2) is 39.3 Å². The van der Waals surface area contributed by atoms with Gasteiger partial charge in [0.25, 0.3) is 0 Å². The molecule has 4 atom stereocenters. The number of Topliss-reactive ketones (excluding diaryl/α,β-unsaturated/α-hetero) is 1. The molecule has 0 aromatic carbocycles. The summed E-state index contributed by atoms with van der Waals surface area (Å²) in [5.41, 5.74) is 0. The number of allylic oxidation sites excluding steroid dienone is 6. The van der Waals surface area contributed by atoms with Crippen molar-refractivity contribution in [2.45, 2.75) is 64.1 Å². The minimum absolute atomic E-state index is 0.0158. The molecule has 0 bridgehead atoms. The summed E-state index contributed by atoms with van der Waals surface area (Å²) < 4.78 is 0. The van der Waals surface area contributed by atoms with Crippen molar-refractivity contribution in [2.24, 2.45) is 11.8 Å². The third kappa shape index (κ3) is 9.50. The van der Waals surface area contributed by atoms with Gasteiger partial charge in [-0.25, -0.2) is 0 Å². The summed E-state index contributed by atoms with van der Waals surface area (Å²) in [6.07, 6.45) is 17.2. The van der Waals surface area contributed by atoms with Crippen LogP contribution in [0, 0.1) is 11.8 Å². The fourth-order valence-corrected chi connectivity index (χ4v) is 3.10. The van der Waals surface area contributed by atoms with Crippen molar-refractivity contribution in [1.29, 1.82) is 0 Å². The van der Waals surface area contributed by atoms with Crippen LogP contribution in [-0.2, 0) is 9.59 Å². The zero-order valence-corrected chi connectivity index (χ0v) is 16.0. The van der Waals surface area contributed by atoms with E-state index in [0.717, 1.165) is 6.42 Å². The molecule has 5 heteroatoms. The van der Waals surface area contributed by atoms with Gasteiger partial charge < -0.3 is 15.3 Å². The van der Waals surface area contributed by atoms with E-state index in [9.17, 15) is 19.8 Å². The fourth-order valence-electron chi connectivity index (χ4n) is 3.10. The van der Waals surface area contributed by atoms with E-state index in [0.29, 0.717) is 25.7 Å². The Bertz CT molecular complexity index is 573. The molecule has 0 radical (unpaired) electrons. The van der Waals surface area contributed by atoms with Gasteiger partial charge in [-0.2, -0.15) is 0 Å². The molecular formula is C22H32O5. The third-order valence-electron chi connectivity index (χ3n) is 4.60. The first-order valence-electron chi connectivity index (χ1n) is 9.69. The molecule has 3 N–H and O–H groups in total. The first-order chi connectivity index (χ1) is 13.0. The lowest BCUT2D eigenvalue weighted by Crippen LogP contribution is -2.19. The van der Waals surface area contributed by atoms with E-state index in [2.05, 4.69) is 0 Å². The maximum Gasteiger partial charge on any atom is 0.303 e. The van der Waals surface area contributed by atoms with Gasteiger partial charge in [0, 0.05) is 24.7 Å². The standard InChI is InChI=1S/C22H32O5/c1-2-3-8-11-17(23)14-15-19-18(20(24)16-21(19)25)12-9-6-4-5-7-10-13-22(26)27/h3,5-9,14-15,17-20,23-24H,2,4,10-13,16H2,1H3,(H,26,27)/b7-5-,8-3-,9-6-,15-14+/t17-,18+,19-,20-/m1/s1. The van der Waals surface area contributed by atoms with Crippen LogP contribution in [0.5, 0.6) is 0 Å². The molecule has 1 rings (SSSR count). The molecule has 0 heterocycles. The van der Waals surface area contributed by atoms with Crippen molar-refractivity contribution >= 4 is 11.8 Å². The van der Waals surface area contributed by atoms with Crippen molar-refractivity contribution in [3.63, 3.8) is 0 Å². The molecule has 0 saturated heterocycles. The third-order valence-corrected chi connectivity index (χ3v) is 4.60. The fraction of sp³-hybridized carbons (Fsp3) is 0.545. The van der Waals surface area contributed by atoms with Crippen molar-refractivity contribution in [1.82, 2.24) is 0 Å². The van der Waals surface area contributed by atoms with Gasteiger partial charge in [-0.1, -0.05) is 55.5 Å². The second-order valence-corrected chi connectivity index (χ2v) is 6.84. The predicted octanol–water partition coefficient (Wildman–Crippen LogP) is 3.58. The van der Waals surface area contributed by atoms with Crippen LogP contribution in [0.1, 0.15) is 51.9 Å². The van der Waals surface area contributed by atoms with E-state index in [1.165, 1.54) is 0 Å². The average molecular weight is 376 g/mol. The minimum atomic E-state index is -0.805. The molecule has 1 aliphatic rings. The van der Waals surface area contributed by atoms with Gasteiger partial charge in [-0.15, -0.1) is 0 Å². The van der Waals surface area contributed by atoms with Gasteiger partial charge in [-0.05, 0) is 32.1 Å². The summed E-state index contributed by atoms with van der Waals surface area (Å²) in [7, 11) is 0. The normalized spacial score (nSPS) is 24.9. The summed E-state index contributed by atoms with van der Waals surface area (Å²) >= 11 is 0. The SMILES string of the molecule is CC/C=C\C[C@@H](O)/C=C/[C@H]1C(=O)C[C@@H](O)[C@H]1C/C=C\C/C=C\CCC(=O)O. The van der Waals surface area contributed by atoms with E-state index >= 15 is 0 Å². The second kappa shape index (κ2) is 13.2. The molecular weight excluding hydrogens is 344 g/mol. The highest BCUT2D eigenvalue weighted by Gasteiger charge is 2.39. The Kier molecular flexibility index (Phi) is 11.3. The second-order valence-electron chi connectivity index (χ2n) is 6.84. The number of carbonyl (C=O) groups is 2. The van der Waals surface area contributed by atoms with Crippen LogP contribution in [0.3, 0.4) is 0 Å². The lowest BCUT2D eigenvalue weighted by atomic mass is 9.90. The quantitative estimate of drug-likeness (QED) is 0.453. The number of aliphatic hydroxyl groups excluding tert-OH is 2. The van der Waals surface area contributed by atoms with Crippen molar-refractivity contribution < 1.29 is 24.9 Å². The van der Waals surface area contributed by atoms with Crippen LogP contribution in [0.15, 0.2) is 48.6 Å². The van der Waals surface area contributed by atoms with Crippen molar-refractivity contribution in [2.75, 3.05) is 0 Å². The summed E-state index contributed by atoms with van der Waals surface area (Å²) in [6.45, 7) is 2.03. The van der Waals surface area contributed by atoms with E-state index in [1.807, 2.05) is 43.4 Å². The summed E-state index contributed by atoms with van der Waals surface area (Å²) in [5.74, 6) is -1.32. The molecule has 1 fully saturated rings. The van der Waals surface area contributed by atoms with Gasteiger partial charge >= 0.3 is 5.97 Å². The monoisotopic (exact) mass is 376 g/mol. The number of carbonyl (C=O) groups excluding carboxylic acids is 1. The van der Waals surface area contributed by atoms with Crippen LogP contribution >= 0.6 is 0 Å². The van der Waals surface area contributed by atoms with Crippen LogP contribution in [0.4, 0.5) is 0 Å². The zero-order valence-electron chi connectivity index (χ0n) is 16.0. The molecule has 150 valence electrons. The molecule has 0 spiro atoms. The highest BCUT2D eigenvalue weighted by molar-refractivity contribution is 5.86. The molecule has 0 unspecified atom stereocenters. The summed E-state index contributed by atoms with van der Waals surface area (Å²) in [5, 5.41) is 28.7. The number of carboxylic acid groups (broad SMARTS) is 1. The maximum absolute atomic E-state index is 12.1. The lowest BCUT2D eigenvalue weighted by molar-refractivity contribution is -0.136. The average Bonchev–Trinajstić information content (AvgIpc) is 2.88. The Morgan fingerprint density at radius 2 is 1.93 bits per heavy atom. The van der Waals surface area contributed by atoms with E-state index < -0.39 is 18.2 Å². The molecule has 1 saturated carbocycles. The number of hydrogen-bond donors (Lipinski definition) is 3. The lowest BCUT2D eigenvalue weighted by Gasteiger charge is -2.16. The molecule has 0 amide bonds. The Hall–Kier alpha value is -1.98. The smallest absolute Gasteiger partial charge is 0.303 e. The molecule has 5 nitrogen and oxygen atoms in total. The summed E-state index contributed by atoms with van der Waals surface area (Å²) in [6, 6.07) is 0. The van der Waals surface area contributed by atoms with Crippen LogP contribution in [0.2, 0.25) is 0 Å². The molecule has 0 aromatic heterocycles. The Morgan fingerprint density at radius 3 is 2.63 bits per heavy atom. The Balaban J connectivity index is 2.48. The first kappa shape index (κ1) is 23.1. The number of ketones is 1. The van der Waals surface area contributed by atoms with Crippen LogP contribution < -0.4 is 0 Å². The zero-order chi connectivity index (χ0) is 20.1. The van der Waals surface area contributed by atoms with Crippen LogP contribution in [0.25, 0.3) is 0 Å².